The molecule has 30 heavy (non-hydrogen) atoms. The van der Waals surface area contributed by atoms with Crippen LogP contribution >= 0.6 is 0 Å². The van der Waals surface area contributed by atoms with Gasteiger partial charge in [-0.25, -0.2) is 9.78 Å². The van der Waals surface area contributed by atoms with Crippen molar-refractivity contribution in [2.75, 3.05) is 19.7 Å². The van der Waals surface area contributed by atoms with Crippen LogP contribution in [-0.2, 0) is 9.53 Å². The van der Waals surface area contributed by atoms with Crippen molar-refractivity contribution in [2.24, 2.45) is 5.92 Å². The van der Waals surface area contributed by atoms with E-state index in [9.17, 15) is 9.59 Å². The Balaban J connectivity index is 1.58. The lowest BCUT2D eigenvalue weighted by atomic mass is 10.0. The lowest BCUT2D eigenvalue weighted by Gasteiger charge is -2.30. The largest absolute Gasteiger partial charge is 0.452 e. The first-order valence-corrected chi connectivity index (χ1v) is 10.4. The van der Waals surface area contributed by atoms with Crippen LogP contribution in [0.15, 0.2) is 54.6 Å². The molecule has 1 saturated heterocycles. The summed E-state index contributed by atoms with van der Waals surface area (Å²) in [7, 11) is 0. The molecule has 1 aliphatic rings. The maximum Gasteiger partial charge on any atom is 0.339 e. The van der Waals surface area contributed by atoms with E-state index in [0.717, 1.165) is 48.0 Å². The first-order valence-electron chi connectivity index (χ1n) is 10.4. The van der Waals surface area contributed by atoms with Crippen LogP contribution < -0.4 is 0 Å². The van der Waals surface area contributed by atoms with E-state index in [2.05, 4.69) is 6.92 Å². The monoisotopic (exact) mass is 402 g/mol. The number of piperidine rings is 1. The third kappa shape index (κ3) is 4.35. The maximum atomic E-state index is 12.9. The van der Waals surface area contributed by atoms with E-state index in [1.54, 1.807) is 11.0 Å². The van der Waals surface area contributed by atoms with Gasteiger partial charge < -0.3 is 9.64 Å². The van der Waals surface area contributed by atoms with Crippen LogP contribution in [0, 0.1) is 12.8 Å². The number of aryl methyl sites for hydroxylation is 1. The molecule has 5 heteroatoms. The highest BCUT2D eigenvalue weighted by molar-refractivity contribution is 6.05. The SMILES string of the molecule is Cc1ccc(-c2cc(C(=O)OCC(=O)N3CCC[C@@H](C)C3)c3ccccc3n2)cc1. The summed E-state index contributed by atoms with van der Waals surface area (Å²) >= 11 is 0. The average molecular weight is 402 g/mol. The molecule has 5 nitrogen and oxygen atoms in total. The van der Waals surface area contributed by atoms with Gasteiger partial charge in [-0.1, -0.05) is 55.0 Å². The molecule has 0 aliphatic carbocycles. The van der Waals surface area contributed by atoms with Crippen molar-refractivity contribution in [1.29, 1.82) is 0 Å². The number of carbonyl (C=O) groups is 2. The molecule has 1 atom stereocenters. The third-order valence-corrected chi connectivity index (χ3v) is 5.62. The van der Waals surface area contributed by atoms with Gasteiger partial charge in [0, 0.05) is 24.0 Å². The van der Waals surface area contributed by atoms with Crippen LogP contribution in [0.5, 0.6) is 0 Å². The molecule has 0 spiro atoms. The Labute approximate surface area is 176 Å². The standard InChI is InChI=1S/C25H26N2O3/c1-17-9-11-19(12-10-17)23-14-21(20-7-3-4-8-22(20)26-23)25(29)30-16-24(28)27-13-5-6-18(2)15-27/h3-4,7-12,14,18H,5-6,13,15-16H2,1-2H3/t18-/m1/s1. The highest BCUT2D eigenvalue weighted by atomic mass is 16.5. The molecule has 0 radical (unpaired) electrons. The fraction of sp³-hybridized carbons (Fsp3) is 0.320. The summed E-state index contributed by atoms with van der Waals surface area (Å²) < 4.78 is 5.44. The van der Waals surface area contributed by atoms with Crippen LogP contribution in [0.2, 0.25) is 0 Å². The van der Waals surface area contributed by atoms with Crippen LogP contribution in [-0.4, -0.2) is 41.5 Å². The first-order chi connectivity index (χ1) is 14.5. The molecule has 1 fully saturated rings. The molecule has 3 aromatic rings. The third-order valence-electron chi connectivity index (χ3n) is 5.62. The van der Waals surface area contributed by atoms with Gasteiger partial charge in [0.2, 0.25) is 0 Å². The van der Waals surface area contributed by atoms with Gasteiger partial charge in [-0.3, -0.25) is 4.79 Å². The van der Waals surface area contributed by atoms with Crippen molar-refractivity contribution in [3.05, 3.63) is 65.7 Å². The van der Waals surface area contributed by atoms with Crippen molar-refractivity contribution >= 4 is 22.8 Å². The van der Waals surface area contributed by atoms with Gasteiger partial charge in [0.05, 0.1) is 16.8 Å². The number of para-hydroxylation sites is 1. The molecule has 0 saturated carbocycles. The van der Waals surface area contributed by atoms with Gasteiger partial charge in [0.25, 0.3) is 5.91 Å². The van der Waals surface area contributed by atoms with Crippen LogP contribution in [0.25, 0.3) is 22.2 Å². The summed E-state index contributed by atoms with van der Waals surface area (Å²) in [6, 6.07) is 17.3. The minimum atomic E-state index is -0.500. The quantitative estimate of drug-likeness (QED) is 0.597. The predicted molar refractivity (Wildman–Crippen MR) is 117 cm³/mol. The van der Waals surface area contributed by atoms with E-state index in [4.69, 9.17) is 9.72 Å². The molecule has 2 heterocycles. The fourth-order valence-corrected chi connectivity index (χ4v) is 3.93. The Kier molecular flexibility index (Phi) is 5.79. The van der Waals surface area contributed by atoms with E-state index < -0.39 is 5.97 Å². The summed E-state index contributed by atoms with van der Waals surface area (Å²) in [6.07, 6.45) is 2.13. The minimum Gasteiger partial charge on any atom is -0.452 e. The van der Waals surface area contributed by atoms with Crippen LogP contribution in [0.1, 0.15) is 35.7 Å². The highest BCUT2D eigenvalue weighted by Gasteiger charge is 2.23. The molecule has 4 rings (SSSR count). The lowest BCUT2D eigenvalue weighted by molar-refractivity contribution is -0.136. The second-order valence-corrected chi connectivity index (χ2v) is 8.10. The van der Waals surface area contributed by atoms with Crippen molar-refractivity contribution in [2.45, 2.75) is 26.7 Å². The molecular formula is C25H26N2O3. The van der Waals surface area contributed by atoms with Crippen molar-refractivity contribution in [3.8, 4) is 11.3 Å². The number of rotatable bonds is 4. The molecular weight excluding hydrogens is 376 g/mol. The number of benzene rings is 2. The van der Waals surface area contributed by atoms with Gasteiger partial charge in [0.15, 0.2) is 6.61 Å². The molecule has 1 aromatic heterocycles. The minimum absolute atomic E-state index is 0.132. The van der Waals surface area contributed by atoms with Crippen molar-refractivity contribution < 1.29 is 14.3 Å². The Bertz CT molecular complexity index is 1080. The van der Waals surface area contributed by atoms with E-state index in [1.807, 2.05) is 55.5 Å². The highest BCUT2D eigenvalue weighted by Crippen LogP contribution is 2.26. The summed E-state index contributed by atoms with van der Waals surface area (Å²) in [5, 5.41) is 0.720. The first kappa shape index (κ1) is 20.1. The van der Waals surface area contributed by atoms with Gasteiger partial charge in [-0.15, -0.1) is 0 Å². The van der Waals surface area contributed by atoms with E-state index >= 15 is 0 Å². The second kappa shape index (κ2) is 8.66. The Hall–Kier alpha value is -3.21. The van der Waals surface area contributed by atoms with E-state index in [1.165, 1.54) is 0 Å². The number of fused-ring (bicyclic) bond motifs is 1. The molecule has 1 aliphatic heterocycles. The zero-order valence-electron chi connectivity index (χ0n) is 17.4. The molecule has 2 aromatic carbocycles. The summed E-state index contributed by atoms with van der Waals surface area (Å²) in [4.78, 5) is 31.9. The number of pyridine rings is 1. The number of nitrogens with zero attached hydrogens (tertiary/aromatic N) is 2. The summed E-state index contributed by atoms with van der Waals surface area (Å²) in [6.45, 7) is 5.40. The average Bonchev–Trinajstić information content (AvgIpc) is 2.77. The van der Waals surface area contributed by atoms with E-state index in [-0.39, 0.29) is 12.5 Å². The van der Waals surface area contributed by atoms with Crippen molar-refractivity contribution in [3.63, 3.8) is 0 Å². The zero-order valence-corrected chi connectivity index (χ0v) is 17.4. The Morgan fingerprint density at radius 1 is 1.13 bits per heavy atom. The Morgan fingerprint density at radius 3 is 2.67 bits per heavy atom. The number of ether oxygens (including phenoxy) is 1. The number of amides is 1. The number of hydrogen-bond donors (Lipinski definition) is 0. The number of hydrogen-bond acceptors (Lipinski definition) is 4. The summed E-state index contributed by atoms with van der Waals surface area (Å²) in [5.41, 5.74) is 3.94. The molecule has 0 N–H and O–H groups in total. The van der Waals surface area contributed by atoms with Gasteiger partial charge in [0.1, 0.15) is 0 Å². The molecule has 0 unspecified atom stereocenters. The summed E-state index contributed by atoms with van der Waals surface area (Å²) in [5.74, 6) is -0.146. The topological polar surface area (TPSA) is 59.5 Å². The van der Waals surface area contributed by atoms with Gasteiger partial charge >= 0.3 is 5.97 Å². The lowest BCUT2D eigenvalue weighted by Crippen LogP contribution is -2.41. The molecule has 0 bridgehead atoms. The van der Waals surface area contributed by atoms with E-state index in [0.29, 0.717) is 17.2 Å². The van der Waals surface area contributed by atoms with Gasteiger partial charge in [-0.2, -0.15) is 0 Å². The normalized spacial score (nSPS) is 16.5. The maximum absolute atomic E-state index is 12.9. The molecule has 1 amide bonds. The van der Waals surface area contributed by atoms with Crippen molar-refractivity contribution in [1.82, 2.24) is 9.88 Å². The predicted octanol–water partition coefficient (Wildman–Crippen LogP) is 4.63. The fourth-order valence-electron chi connectivity index (χ4n) is 3.93. The Morgan fingerprint density at radius 2 is 1.90 bits per heavy atom. The number of likely N-dealkylation sites (tertiary alicyclic amines) is 1. The smallest absolute Gasteiger partial charge is 0.339 e. The van der Waals surface area contributed by atoms with Gasteiger partial charge in [-0.05, 0) is 37.8 Å². The number of aromatic nitrogens is 1. The zero-order chi connectivity index (χ0) is 21.1. The second-order valence-electron chi connectivity index (χ2n) is 8.10. The van der Waals surface area contributed by atoms with Crippen LogP contribution in [0.4, 0.5) is 0 Å². The van der Waals surface area contributed by atoms with Crippen LogP contribution in [0.3, 0.4) is 0 Å². The number of carbonyl (C=O) groups excluding carboxylic acids is 2. The molecule has 154 valence electrons. The number of esters is 1.